The Labute approximate surface area is 125 Å². The number of aliphatic hydroxyl groups excluding tert-OH is 1. The number of aliphatic hydroxyl groups is 1. The van der Waals surface area contributed by atoms with E-state index in [1.165, 1.54) is 21.3 Å². The van der Waals surface area contributed by atoms with Gasteiger partial charge in [-0.2, -0.15) is 0 Å². The molecule has 21 heavy (non-hydrogen) atoms. The van der Waals surface area contributed by atoms with Gasteiger partial charge in [0.05, 0.1) is 27.4 Å². The van der Waals surface area contributed by atoms with Gasteiger partial charge < -0.3 is 24.6 Å². The highest BCUT2D eigenvalue weighted by Crippen LogP contribution is 2.38. The molecule has 0 aromatic heterocycles. The first-order chi connectivity index (χ1) is 9.94. The monoisotopic (exact) mass is 297 g/mol. The molecule has 1 aromatic carbocycles. The molecule has 0 heterocycles. The lowest BCUT2D eigenvalue weighted by Crippen LogP contribution is -2.34. The van der Waals surface area contributed by atoms with E-state index in [0.717, 1.165) is 0 Å². The molecule has 6 heteroatoms. The molecule has 1 aromatic rings. The average Bonchev–Trinajstić information content (AvgIpc) is 2.50. The van der Waals surface area contributed by atoms with Crippen LogP contribution in [0.5, 0.6) is 17.2 Å². The number of carbonyl (C=O) groups is 1. The van der Waals surface area contributed by atoms with Gasteiger partial charge in [-0.05, 0) is 18.1 Å². The zero-order valence-electron chi connectivity index (χ0n) is 13.1. The summed E-state index contributed by atoms with van der Waals surface area (Å²) in [6, 6.07) is 3.14. The average molecular weight is 297 g/mol. The van der Waals surface area contributed by atoms with E-state index in [9.17, 15) is 9.90 Å². The van der Waals surface area contributed by atoms with Crippen molar-refractivity contribution in [1.29, 1.82) is 0 Å². The maximum absolute atomic E-state index is 12.1. The standard InChI is InChI=1S/C15H23NO5/c1-9(2)11(17)8-16-15(18)10-6-12(19-3)14(21-5)13(7-10)20-4/h6-7,9,11,17H,8H2,1-5H3,(H,16,18). The molecule has 1 amide bonds. The smallest absolute Gasteiger partial charge is 0.251 e. The van der Waals surface area contributed by atoms with Gasteiger partial charge >= 0.3 is 0 Å². The van der Waals surface area contributed by atoms with E-state index in [4.69, 9.17) is 14.2 Å². The van der Waals surface area contributed by atoms with Gasteiger partial charge in [0.15, 0.2) is 11.5 Å². The Balaban J connectivity index is 2.94. The molecule has 2 N–H and O–H groups in total. The second kappa shape index (κ2) is 7.73. The Morgan fingerprint density at radius 3 is 2.05 bits per heavy atom. The van der Waals surface area contributed by atoms with Gasteiger partial charge in [-0.25, -0.2) is 0 Å². The fourth-order valence-corrected chi connectivity index (χ4v) is 1.75. The molecule has 1 rings (SSSR count). The Morgan fingerprint density at radius 2 is 1.67 bits per heavy atom. The quantitative estimate of drug-likeness (QED) is 0.797. The fourth-order valence-electron chi connectivity index (χ4n) is 1.75. The summed E-state index contributed by atoms with van der Waals surface area (Å²) in [5.41, 5.74) is 0.375. The third kappa shape index (κ3) is 4.26. The summed E-state index contributed by atoms with van der Waals surface area (Å²) in [6.45, 7) is 3.96. The largest absolute Gasteiger partial charge is 0.493 e. The third-order valence-electron chi connectivity index (χ3n) is 3.17. The van der Waals surface area contributed by atoms with Crippen molar-refractivity contribution >= 4 is 5.91 Å². The summed E-state index contributed by atoms with van der Waals surface area (Å²) in [5.74, 6) is 1.01. The minimum atomic E-state index is -0.587. The van der Waals surface area contributed by atoms with Gasteiger partial charge in [-0.15, -0.1) is 0 Å². The van der Waals surface area contributed by atoms with Crippen LogP contribution in [0, 0.1) is 5.92 Å². The van der Waals surface area contributed by atoms with Gasteiger partial charge in [-0.3, -0.25) is 4.79 Å². The van der Waals surface area contributed by atoms with Crippen molar-refractivity contribution in [3.05, 3.63) is 17.7 Å². The number of hydrogen-bond acceptors (Lipinski definition) is 5. The molecule has 118 valence electrons. The predicted octanol–water partition coefficient (Wildman–Crippen LogP) is 1.46. The normalized spacial score (nSPS) is 12.0. The molecule has 0 spiro atoms. The number of benzene rings is 1. The first-order valence-corrected chi connectivity index (χ1v) is 6.70. The number of carbonyl (C=O) groups excluding carboxylic acids is 1. The van der Waals surface area contributed by atoms with E-state index >= 15 is 0 Å². The summed E-state index contributed by atoms with van der Waals surface area (Å²) in [5, 5.41) is 12.4. The summed E-state index contributed by atoms with van der Waals surface area (Å²) >= 11 is 0. The van der Waals surface area contributed by atoms with Gasteiger partial charge in [0, 0.05) is 12.1 Å². The molecule has 0 aliphatic heterocycles. The van der Waals surface area contributed by atoms with Crippen molar-refractivity contribution in [2.45, 2.75) is 20.0 Å². The van der Waals surface area contributed by atoms with E-state index in [-0.39, 0.29) is 18.4 Å². The summed E-state index contributed by atoms with van der Waals surface area (Å²) < 4.78 is 15.6. The lowest BCUT2D eigenvalue weighted by atomic mass is 10.1. The Bertz CT molecular complexity index is 462. The van der Waals surface area contributed by atoms with Crippen molar-refractivity contribution < 1.29 is 24.1 Å². The zero-order chi connectivity index (χ0) is 16.0. The summed E-state index contributed by atoms with van der Waals surface area (Å²) in [4.78, 5) is 12.1. The van der Waals surface area contributed by atoms with Crippen LogP contribution >= 0.6 is 0 Å². The summed E-state index contributed by atoms with van der Waals surface area (Å²) in [7, 11) is 4.47. The molecule has 0 aliphatic rings. The lowest BCUT2D eigenvalue weighted by molar-refractivity contribution is 0.0871. The molecule has 0 radical (unpaired) electrons. The van der Waals surface area contributed by atoms with Crippen molar-refractivity contribution in [2.24, 2.45) is 5.92 Å². The van der Waals surface area contributed by atoms with Crippen molar-refractivity contribution in [3.63, 3.8) is 0 Å². The zero-order valence-corrected chi connectivity index (χ0v) is 13.1. The fraction of sp³-hybridized carbons (Fsp3) is 0.533. The highest BCUT2D eigenvalue weighted by molar-refractivity contribution is 5.95. The molecule has 0 bridgehead atoms. The highest BCUT2D eigenvalue weighted by atomic mass is 16.5. The first-order valence-electron chi connectivity index (χ1n) is 6.70. The summed E-state index contributed by atoms with van der Waals surface area (Å²) in [6.07, 6.45) is -0.587. The molecule has 0 saturated carbocycles. The molecule has 6 nitrogen and oxygen atoms in total. The van der Waals surface area contributed by atoms with Crippen LogP contribution in [0.15, 0.2) is 12.1 Å². The molecule has 1 unspecified atom stereocenters. The number of nitrogens with one attached hydrogen (secondary N) is 1. The van der Waals surface area contributed by atoms with Gasteiger partial charge in [0.1, 0.15) is 0 Å². The number of rotatable bonds is 7. The Hall–Kier alpha value is -1.95. The number of hydrogen-bond donors (Lipinski definition) is 2. The van der Waals surface area contributed by atoms with Crippen LogP contribution in [-0.2, 0) is 0 Å². The molecular weight excluding hydrogens is 274 g/mol. The van der Waals surface area contributed by atoms with E-state index in [1.807, 2.05) is 13.8 Å². The van der Waals surface area contributed by atoms with Crippen LogP contribution in [0.4, 0.5) is 0 Å². The second-order valence-electron chi connectivity index (χ2n) is 4.94. The number of methoxy groups -OCH3 is 3. The first kappa shape index (κ1) is 17.1. The second-order valence-corrected chi connectivity index (χ2v) is 4.94. The van der Waals surface area contributed by atoms with Crippen molar-refractivity contribution in [3.8, 4) is 17.2 Å². The minimum Gasteiger partial charge on any atom is -0.493 e. The van der Waals surface area contributed by atoms with Crippen LogP contribution in [0.1, 0.15) is 24.2 Å². The van der Waals surface area contributed by atoms with Gasteiger partial charge in [-0.1, -0.05) is 13.8 Å². The highest BCUT2D eigenvalue weighted by Gasteiger charge is 2.18. The Kier molecular flexibility index (Phi) is 6.30. The molecule has 0 saturated heterocycles. The molecule has 0 fully saturated rings. The number of amides is 1. The maximum atomic E-state index is 12.1. The van der Waals surface area contributed by atoms with Crippen LogP contribution in [-0.4, -0.2) is 45.0 Å². The topological polar surface area (TPSA) is 77.0 Å². The SMILES string of the molecule is COc1cc(C(=O)NCC(O)C(C)C)cc(OC)c1OC. The van der Waals surface area contributed by atoms with Gasteiger partial charge in [0.2, 0.25) is 5.75 Å². The minimum absolute atomic E-state index is 0.0743. The molecule has 0 aliphatic carbocycles. The molecular formula is C15H23NO5. The third-order valence-corrected chi connectivity index (χ3v) is 3.17. The van der Waals surface area contributed by atoms with Gasteiger partial charge in [0.25, 0.3) is 5.91 Å². The predicted molar refractivity (Wildman–Crippen MR) is 79.3 cm³/mol. The van der Waals surface area contributed by atoms with E-state index in [1.54, 1.807) is 12.1 Å². The van der Waals surface area contributed by atoms with Crippen LogP contribution in [0.25, 0.3) is 0 Å². The Morgan fingerprint density at radius 1 is 1.14 bits per heavy atom. The van der Waals surface area contributed by atoms with E-state index < -0.39 is 6.10 Å². The number of ether oxygens (including phenoxy) is 3. The van der Waals surface area contributed by atoms with E-state index in [2.05, 4.69) is 5.32 Å². The maximum Gasteiger partial charge on any atom is 0.251 e. The van der Waals surface area contributed by atoms with Crippen molar-refractivity contribution in [1.82, 2.24) is 5.32 Å². The van der Waals surface area contributed by atoms with Crippen molar-refractivity contribution in [2.75, 3.05) is 27.9 Å². The van der Waals surface area contributed by atoms with Crippen LogP contribution < -0.4 is 19.5 Å². The lowest BCUT2D eigenvalue weighted by Gasteiger charge is -2.16. The van der Waals surface area contributed by atoms with Crippen LogP contribution in [0.2, 0.25) is 0 Å². The molecule has 1 atom stereocenters. The van der Waals surface area contributed by atoms with E-state index in [0.29, 0.717) is 22.8 Å². The van der Waals surface area contributed by atoms with Crippen LogP contribution in [0.3, 0.4) is 0 Å².